The number of aryl methyl sites for hydroxylation is 1. The topological polar surface area (TPSA) is 81.0 Å². The van der Waals surface area contributed by atoms with Crippen LogP contribution >= 0.6 is 0 Å². The van der Waals surface area contributed by atoms with Crippen LogP contribution in [0.1, 0.15) is 0 Å². The fourth-order valence-electron chi connectivity index (χ4n) is 3.70. The van der Waals surface area contributed by atoms with Crippen LogP contribution in [0.4, 0.5) is 10.1 Å². The zero-order valence-corrected chi connectivity index (χ0v) is 16.2. The summed E-state index contributed by atoms with van der Waals surface area (Å²) in [6.07, 6.45) is 3.58. The Morgan fingerprint density at radius 2 is 1.97 bits per heavy atom. The molecule has 1 aromatic carbocycles. The van der Waals surface area contributed by atoms with E-state index < -0.39 is 5.82 Å². The van der Waals surface area contributed by atoms with Crippen molar-refractivity contribution < 1.29 is 9.13 Å². The SMILES string of the molecule is COc1nc(-c2cc(F)c3nn(C)cc3c2)nc2ncc(N3CCNCC3)cc12. The van der Waals surface area contributed by atoms with Gasteiger partial charge in [-0.2, -0.15) is 10.1 Å². The summed E-state index contributed by atoms with van der Waals surface area (Å²) in [4.78, 5) is 15.9. The average Bonchev–Trinajstić information content (AvgIpc) is 3.14. The molecule has 1 saturated heterocycles. The molecule has 0 atom stereocenters. The van der Waals surface area contributed by atoms with Crippen molar-refractivity contribution in [2.45, 2.75) is 0 Å². The number of anilines is 1. The Morgan fingerprint density at radius 1 is 1.14 bits per heavy atom. The molecule has 1 aliphatic rings. The molecule has 5 rings (SSSR count). The van der Waals surface area contributed by atoms with E-state index in [9.17, 15) is 4.39 Å². The Labute approximate surface area is 166 Å². The first-order valence-electron chi connectivity index (χ1n) is 9.43. The predicted octanol–water partition coefficient (Wildman–Crippen LogP) is 2.14. The summed E-state index contributed by atoms with van der Waals surface area (Å²) in [6, 6.07) is 5.22. The molecule has 1 aliphatic heterocycles. The quantitative estimate of drug-likeness (QED) is 0.571. The summed E-state index contributed by atoms with van der Waals surface area (Å²) in [5.41, 5.74) is 2.40. The van der Waals surface area contributed by atoms with Gasteiger partial charge >= 0.3 is 0 Å². The third-order valence-corrected chi connectivity index (χ3v) is 5.11. The highest BCUT2D eigenvalue weighted by atomic mass is 19.1. The van der Waals surface area contributed by atoms with E-state index in [1.165, 1.54) is 6.07 Å². The molecule has 0 spiro atoms. The third kappa shape index (κ3) is 3.13. The minimum atomic E-state index is -0.414. The van der Waals surface area contributed by atoms with Crippen LogP contribution in [0.25, 0.3) is 33.3 Å². The molecule has 148 valence electrons. The van der Waals surface area contributed by atoms with Crippen LogP contribution in [0.5, 0.6) is 5.88 Å². The molecular formula is C20H20FN7O. The summed E-state index contributed by atoms with van der Waals surface area (Å²) in [5, 5.41) is 8.90. The van der Waals surface area contributed by atoms with Crippen molar-refractivity contribution >= 4 is 27.6 Å². The first-order chi connectivity index (χ1) is 14.1. The van der Waals surface area contributed by atoms with Gasteiger partial charge in [-0.1, -0.05) is 0 Å². The molecule has 3 aromatic heterocycles. The number of benzene rings is 1. The fraction of sp³-hybridized carbons (Fsp3) is 0.300. The number of rotatable bonds is 3. The van der Waals surface area contributed by atoms with E-state index in [0.29, 0.717) is 33.8 Å². The van der Waals surface area contributed by atoms with Gasteiger partial charge in [0, 0.05) is 50.4 Å². The van der Waals surface area contributed by atoms with Gasteiger partial charge in [-0.3, -0.25) is 4.68 Å². The molecule has 0 radical (unpaired) electrons. The smallest absolute Gasteiger partial charge is 0.226 e. The zero-order chi connectivity index (χ0) is 20.0. The van der Waals surface area contributed by atoms with E-state index >= 15 is 0 Å². The number of pyridine rings is 1. The normalized spacial score (nSPS) is 14.7. The number of ether oxygens (including phenoxy) is 1. The number of methoxy groups -OCH3 is 1. The summed E-state index contributed by atoms with van der Waals surface area (Å²) in [7, 11) is 3.32. The maximum Gasteiger partial charge on any atom is 0.226 e. The van der Waals surface area contributed by atoms with Crippen LogP contribution in [-0.2, 0) is 7.05 Å². The largest absolute Gasteiger partial charge is 0.480 e. The summed E-state index contributed by atoms with van der Waals surface area (Å²) in [5.74, 6) is 0.366. The lowest BCUT2D eigenvalue weighted by molar-refractivity contribution is 0.403. The highest BCUT2D eigenvalue weighted by molar-refractivity contribution is 5.87. The molecule has 0 amide bonds. The number of halogens is 1. The van der Waals surface area contributed by atoms with Gasteiger partial charge in [-0.05, 0) is 18.2 Å². The Hall–Kier alpha value is -3.33. The minimum absolute atomic E-state index is 0.322. The number of nitrogens with zero attached hydrogens (tertiary/aromatic N) is 6. The minimum Gasteiger partial charge on any atom is -0.480 e. The summed E-state index contributed by atoms with van der Waals surface area (Å²) < 4.78 is 21.6. The zero-order valence-electron chi connectivity index (χ0n) is 16.2. The fourth-order valence-corrected chi connectivity index (χ4v) is 3.70. The first-order valence-corrected chi connectivity index (χ1v) is 9.43. The second-order valence-electron chi connectivity index (χ2n) is 7.06. The Balaban J connectivity index is 1.62. The summed E-state index contributed by atoms with van der Waals surface area (Å²) >= 11 is 0. The lowest BCUT2D eigenvalue weighted by Crippen LogP contribution is -2.43. The van der Waals surface area contributed by atoms with Crippen molar-refractivity contribution in [3.05, 3.63) is 36.4 Å². The number of hydrogen-bond acceptors (Lipinski definition) is 7. The highest BCUT2D eigenvalue weighted by Crippen LogP contribution is 2.30. The number of fused-ring (bicyclic) bond motifs is 2. The van der Waals surface area contributed by atoms with Gasteiger partial charge in [0.2, 0.25) is 5.88 Å². The van der Waals surface area contributed by atoms with Gasteiger partial charge in [0.15, 0.2) is 17.3 Å². The van der Waals surface area contributed by atoms with Crippen LogP contribution in [0.3, 0.4) is 0 Å². The first kappa shape index (κ1) is 17.7. The average molecular weight is 393 g/mol. The Morgan fingerprint density at radius 3 is 2.76 bits per heavy atom. The molecule has 0 bridgehead atoms. The maximum atomic E-state index is 14.5. The van der Waals surface area contributed by atoms with Crippen molar-refractivity contribution in [2.24, 2.45) is 7.05 Å². The van der Waals surface area contributed by atoms with Crippen LogP contribution in [0.2, 0.25) is 0 Å². The highest BCUT2D eigenvalue weighted by Gasteiger charge is 2.17. The Kier molecular flexibility index (Phi) is 4.24. The number of piperazine rings is 1. The molecule has 0 unspecified atom stereocenters. The van der Waals surface area contributed by atoms with Crippen LogP contribution in [-0.4, -0.2) is 58.0 Å². The van der Waals surface area contributed by atoms with Gasteiger partial charge in [-0.25, -0.2) is 14.4 Å². The van der Waals surface area contributed by atoms with E-state index in [1.807, 2.05) is 18.3 Å². The van der Waals surface area contributed by atoms with E-state index in [0.717, 1.165) is 37.3 Å². The van der Waals surface area contributed by atoms with E-state index in [4.69, 9.17) is 4.74 Å². The standard InChI is InChI=1S/C20H20FN7O/c1-27-11-13-7-12(8-16(21)17(13)26-27)18-24-19-15(20(25-18)29-2)9-14(10-23-19)28-5-3-22-4-6-28/h7-11,22H,3-6H2,1-2H3. The molecule has 1 fully saturated rings. The van der Waals surface area contributed by atoms with E-state index in [1.54, 1.807) is 25.0 Å². The molecule has 0 saturated carbocycles. The lowest BCUT2D eigenvalue weighted by Gasteiger charge is -2.29. The monoisotopic (exact) mass is 393 g/mol. The predicted molar refractivity (Wildman–Crippen MR) is 109 cm³/mol. The molecule has 0 aliphatic carbocycles. The van der Waals surface area contributed by atoms with Crippen molar-refractivity contribution in [1.82, 2.24) is 30.0 Å². The molecule has 9 heteroatoms. The van der Waals surface area contributed by atoms with Gasteiger partial charge in [0.05, 0.1) is 24.4 Å². The van der Waals surface area contributed by atoms with Crippen LogP contribution in [0, 0.1) is 5.82 Å². The van der Waals surface area contributed by atoms with Crippen molar-refractivity contribution in [2.75, 3.05) is 38.2 Å². The van der Waals surface area contributed by atoms with E-state index in [-0.39, 0.29) is 0 Å². The number of nitrogens with one attached hydrogen (secondary N) is 1. The third-order valence-electron chi connectivity index (χ3n) is 5.11. The lowest BCUT2D eigenvalue weighted by atomic mass is 10.1. The molecule has 8 nitrogen and oxygen atoms in total. The number of aromatic nitrogens is 5. The maximum absolute atomic E-state index is 14.5. The van der Waals surface area contributed by atoms with E-state index in [2.05, 4.69) is 30.3 Å². The molecular weight excluding hydrogens is 373 g/mol. The van der Waals surface area contributed by atoms with Crippen LogP contribution in [0.15, 0.2) is 30.6 Å². The van der Waals surface area contributed by atoms with Crippen molar-refractivity contribution in [1.29, 1.82) is 0 Å². The number of hydrogen-bond donors (Lipinski definition) is 1. The van der Waals surface area contributed by atoms with Crippen molar-refractivity contribution in [3.63, 3.8) is 0 Å². The molecule has 4 aromatic rings. The van der Waals surface area contributed by atoms with Gasteiger partial charge < -0.3 is 15.0 Å². The molecule has 4 heterocycles. The molecule has 29 heavy (non-hydrogen) atoms. The van der Waals surface area contributed by atoms with Gasteiger partial charge in [0.1, 0.15) is 5.52 Å². The second-order valence-corrected chi connectivity index (χ2v) is 7.06. The van der Waals surface area contributed by atoms with Gasteiger partial charge in [0.25, 0.3) is 0 Å². The summed E-state index contributed by atoms with van der Waals surface area (Å²) in [6.45, 7) is 3.71. The second kappa shape index (κ2) is 6.93. The Bertz CT molecular complexity index is 1220. The molecule has 1 N–H and O–H groups in total. The van der Waals surface area contributed by atoms with Crippen molar-refractivity contribution in [3.8, 4) is 17.3 Å². The van der Waals surface area contributed by atoms with Crippen LogP contribution < -0.4 is 15.0 Å². The van der Waals surface area contributed by atoms with Gasteiger partial charge in [-0.15, -0.1) is 0 Å².